The van der Waals surface area contributed by atoms with E-state index >= 15 is 0 Å². The number of anilines is 1. The Labute approximate surface area is 94.5 Å². The molecule has 16 heavy (non-hydrogen) atoms. The van der Waals surface area contributed by atoms with Gasteiger partial charge in [0.05, 0.1) is 17.8 Å². The van der Waals surface area contributed by atoms with Gasteiger partial charge in [0.2, 0.25) is 5.91 Å². The quantitative estimate of drug-likeness (QED) is 0.754. The van der Waals surface area contributed by atoms with Gasteiger partial charge in [-0.3, -0.25) is 4.79 Å². The molecular weight excluding hydrogens is 202 g/mol. The van der Waals surface area contributed by atoms with Gasteiger partial charge in [0.15, 0.2) is 0 Å². The van der Waals surface area contributed by atoms with Crippen molar-refractivity contribution in [3.05, 3.63) is 29.3 Å². The Bertz CT molecular complexity index is 462. The molecule has 0 unspecified atom stereocenters. The number of hydrogen-bond donors (Lipinski definition) is 1. The zero-order valence-electron chi connectivity index (χ0n) is 9.16. The van der Waals surface area contributed by atoms with Crippen molar-refractivity contribution in [3.8, 4) is 6.07 Å². The van der Waals surface area contributed by atoms with E-state index in [1.807, 2.05) is 19.1 Å². The topological polar surface area (TPSA) is 56.1 Å². The first-order chi connectivity index (χ1) is 7.74. The molecule has 1 aromatic rings. The summed E-state index contributed by atoms with van der Waals surface area (Å²) in [7, 11) is 0. The van der Waals surface area contributed by atoms with Crippen molar-refractivity contribution < 1.29 is 4.79 Å². The van der Waals surface area contributed by atoms with E-state index in [-0.39, 0.29) is 5.91 Å². The Hall–Kier alpha value is -1.86. The first kappa shape index (κ1) is 10.7. The Morgan fingerprint density at radius 1 is 1.50 bits per heavy atom. The van der Waals surface area contributed by atoms with Gasteiger partial charge in [0.1, 0.15) is 6.07 Å². The molecule has 1 aliphatic rings. The number of rotatable bonds is 1. The highest BCUT2D eigenvalue weighted by Gasteiger charge is 2.22. The molecule has 0 bridgehead atoms. The molecule has 1 aliphatic heterocycles. The van der Waals surface area contributed by atoms with Crippen molar-refractivity contribution in [2.24, 2.45) is 0 Å². The third-order valence-corrected chi connectivity index (χ3v) is 2.72. The molecule has 1 aromatic carbocycles. The molecule has 82 valence electrons. The Morgan fingerprint density at radius 2 is 2.31 bits per heavy atom. The summed E-state index contributed by atoms with van der Waals surface area (Å²) in [5.74, 6) is 0.0250. The SMILES string of the molecule is Cc1cccc(C#N)c1N1CCNCC1=O. The number of nitrogens with zero attached hydrogens (tertiary/aromatic N) is 2. The summed E-state index contributed by atoms with van der Waals surface area (Å²) in [5, 5.41) is 12.1. The average molecular weight is 215 g/mol. The highest BCUT2D eigenvalue weighted by molar-refractivity contribution is 5.97. The van der Waals surface area contributed by atoms with E-state index in [1.165, 1.54) is 0 Å². The molecule has 1 saturated heterocycles. The van der Waals surface area contributed by atoms with E-state index < -0.39 is 0 Å². The molecule has 4 nitrogen and oxygen atoms in total. The lowest BCUT2D eigenvalue weighted by Gasteiger charge is -2.29. The largest absolute Gasteiger partial charge is 0.308 e. The van der Waals surface area contributed by atoms with Gasteiger partial charge in [-0.1, -0.05) is 12.1 Å². The van der Waals surface area contributed by atoms with Crippen LogP contribution in [0.25, 0.3) is 0 Å². The fourth-order valence-corrected chi connectivity index (χ4v) is 1.95. The van der Waals surface area contributed by atoms with Crippen LogP contribution >= 0.6 is 0 Å². The van der Waals surface area contributed by atoms with Crippen LogP contribution in [0.3, 0.4) is 0 Å². The monoisotopic (exact) mass is 215 g/mol. The molecule has 0 aliphatic carbocycles. The maximum absolute atomic E-state index is 11.8. The van der Waals surface area contributed by atoms with E-state index in [9.17, 15) is 4.79 Å². The number of carbonyl (C=O) groups excluding carboxylic acids is 1. The number of nitriles is 1. The molecule has 0 atom stereocenters. The van der Waals surface area contributed by atoms with Gasteiger partial charge in [-0.2, -0.15) is 5.26 Å². The minimum atomic E-state index is 0.0250. The highest BCUT2D eigenvalue weighted by Crippen LogP contribution is 2.25. The molecular formula is C12H13N3O. The summed E-state index contributed by atoms with van der Waals surface area (Å²) in [6, 6.07) is 7.65. The lowest BCUT2D eigenvalue weighted by atomic mass is 10.1. The van der Waals surface area contributed by atoms with Crippen LogP contribution in [-0.2, 0) is 4.79 Å². The first-order valence-corrected chi connectivity index (χ1v) is 5.25. The van der Waals surface area contributed by atoms with Crippen molar-refractivity contribution >= 4 is 11.6 Å². The molecule has 1 amide bonds. The van der Waals surface area contributed by atoms with Crippen LogP contribution in [0.4, 0.5) is 5.69 Å². The van der Waals surface area contributed by atoms with Crippen LogP contribution in [0.1, 0.15) is 11.1 Å². The summed E-state index contributed by atoms with van der Waals surface area (Å²) in [6.07, 6.45) is 0. The number of benzene rings is 1. The first-order valence-electron chi connectivity index (χ1n) is 5.25. The zero-order chi connectivity index (χ0) is 11.5. The molecule has 2 rings (SSSR count). The van der Waals surface area contributed by atoms with Crippen LogP contribution in [0.15, 0.2) is 18.2 Å². The second-order valence-electron chi connectivity index (χ2n) is 3.81. The minimum Gasteiger partial charge on any atom is -0.308 e. The van der Waals surface area contributed by atoms with Crippen molar-refractivity contribution in [3.63, 3.8) is 0 Å². The Morgan fingerprint density at radius 3 is 3.00 bits per heavy atom. The number of para-hydroxylation sites is 1. The number of carbonyl (C=O) groups is 1. The number of nitrogens with one attached hydrogen (secondary N) is 1. The van der Waals surface area contributed by atoms with Gasteiger partial charge in [-0.05, 0) is 18.6 Å². The third-order valence-electron chi connectivity index (χ3n) is 2.72. The standard InChI is InChI=1S/C12H13N3O/c1-9-3-2-4-10(7-13)12(9)15-6-5-14-8-11(15)16/h2-4,14H,5-6,8H2,1H3. The lowest BCUT2D eigenvalue weighted by molar-refractivity contribution is -0.118. The summed E-state index contributed by atoms with van der Waals surface area (Å²) in [4.78, 5) is 13.5. The normalized spacial score (nSPS) is 16.0. The van der Waals surface area contributed by atoms with Gasteiger partial charge >= 0.3 is 0 Å². The molecule has 1 N–H and O–H groups in total. The van der Waals surface area contributed by atoms with Gasteiger partial charge in [0, 0.05) is 13.1 Å². The summed E-state index contributed by atoms with van der Waals surface area (Å²) in [6.45, 7) is 3.66. The number of piperazine rings is 1. The summed E-state index contributed by atoms with van der Waals surface area (Å²) in [5.41, 5.74) is 2.29. The van der Waals surface area contributed by atoms with Crippen LogP contribution in [0, 0.1) is 18.3 Å². The predicted octanol–water partition coefficient (Wildman–Crippen LogP) is 0.803. The van der Waals surface area contributed by atoms with Gasteiger partial charge in [-0.25, -0.2) is 0 Å². The summed E-state index contributed by atoms with van der Waals surface area (Å²) < 4.78 is 0. The Kier molecular flexibility index (Phi) is 2.88. The van der Waals surface area contributed by atoms with Crippen molar-refractivity contribution in [1.29, 1.82) is 5.26 Å². The molecule has 0 radical (unpaired) electrons. The van der Waals surface area contributed by atoms with Gasteiger partial charge in [-0.15, -0.1) is 0 Å². The van der Waals surface area contributed by atoms with Crippen LogP contribution in [-0.4, -0.2) is 25.5 Å². The molecule has 1 fully saturated rings. The van der Waals surface area contributed by atoms with Crippen molar-refractivity contribution in [2.75, 3.05) is 24.5 Å². The highest BCUT2D eigenvalue weighted by atomic mass is 16.2. The fraction of sp³-hybridized carbons (Fsp3) is 0.333. The zero-order valence-corrected chi connectivity index (χ0v) is 9.16. The van der Waals surface area contributed by atoms with E-state index in [0.717, 1.165) is 17.8 Å². The number of hydrogen-bond acceptors (Lipinski definition) is 3. The molecule has 0 saturated carbocycles. The molecule has 0 aromatic heterocycles. The lowest BCUT2D eigenvalue weighted by Crippen LogP contribution is -2.48. The molecule has 1 heterocycles. The molecule has 0 spiro atoms. The fourth-order valence-electron chi connectivity index (χ4n) is 1.95. The Balaban J connectivity index is 2.46. The number of amides is 1. The van der Waals surface area contributed by atoms with E-state index in [2.05, 4.69) is 11.4 Å². The second kappa shape index (κ2) is 4.33. The predicted molar refractivity (Wildman–Crippen MR) is 61.1 cm³/mol. The second-order valence-corrected chi connectivity index (χ2v) is 3.81. The third kappa shape index (κ3) is 1.77. The van der Waals surface area contributed by atoms with E-state index in [4.69, 9.17) is 5.26 Å². The van der Waals surface area contributed by atoms with Crippen molar-refractivity contribution in [2.45, 2.75) is 6.92 Å². The average Bonchev–Trinajstić information content (AvgIpc) is 2.30. The summed E-state index contributed by atoms with van der Waals surface area (Å²) >= 11 is 0. The molecule has 4 heteroatoms. The van der Waals surface area contributed by atoms with E-state index in [1.54, 1.807) is 11.0 Å². The van der Waals surface area contributed by atoms with Gasteiger partial charge < -0.3 is 10.2 Å². The van der Waals surface area contributed by atoms with Crippen LogP contribution < -0.4 is 10.2 Å². The van der Waals surface area contributed by atoms with Gasteiger partial charge in [0.25, 0.3) is 0 Å². The number of aryl methyl sites for hydroxylation is 1. The van der Waals surface area contributed by atoms with Crippen LogP contribution in [0.5, 0.6) is 0 Å². The van der Waals surface area contributed by atoms with Crippen LogP contribution in [0.2, 0.25) is 0 Å². The van der Waals surface area contributed by atoms with E-state index in [0.29, 0.717) is 18.7 Å². The maximum Gasteiger partial charge on any atom is 0.241 e. The smallest absolute Gasteiger partial charge is 0.241 e. The minimum absolute atomic E-state index is 0.0250. The maximum atomic E-state index is 11.8. The van der Waals surface area contributed by atoms with Crippen molar-refractivity contribution in [1.82, 2.24) is 5.32 Å².